The lowest BCUT2D eigenvalue weighted by Crippen LogP contribution is -2.24. The van der Waals surface area contributed by atoms with Crippen molar-refractivity contribution in [2.75, 3.05) is 5.88 Å². The van der Waals surface area contributed by atoms with E-state index < -0.39 is 0 Å². The molecule has 0 aliphatic carbocycles. The van der Waals surface area contributed by atoms with E-state index in [1.54, 1.807) is 33.8 Å². The lowest BCUT2D eigenvalue weighted by Gasteiger charge is -2.12. The lowest BCUT2D eigenvalue weighted by molar-refractivity contribution is 0.730. The maximum Gasteiger partial charge on any atom is 0.264 e. The average Bonchev–Trinajstić information content (AvgIpc) is 3.09. The highest BCUT2D eigenvalue weighted by atomic mass is 35.5. The fourth-order valence-corrected chi connectivity index (χ4v) is 3.18. The van der Waals surface area contributed by atoms with Crippen LogP contribution in [0.4, 0.5) is 0 Å². The smallest absolute Gasteiger partial charge is 0.264 e. The van der Waals surface area contributed by atoms with E-state index in [9.17, 15) is 4.79 Å². The first-order valence-electron chi connectivity index (χ1n) is 8.32. The summed E-state index contributed by atoms with van der Waals surface area (Å²) in [6.07, 6.45) is 3.13. The van der Waals surface area contributed by atoms with E-state index in [1.807, 2.05) is 31.2 Å². The van der Waals surface area contributed by atoms with E-state index in [-0.39, 0.29) is 11.4 Å². The van der Waals surface area contributed by atoms with Crippen molar-refractivity contribution >= 4 is 34.2 Å². The van der Waals surface area contributed by atoms with E-state index >= 15 is 0 Å². The number of alkyl halides is 1. The highest BCUT2D eigenvalue weighted by Gasteiger charge is 2.17. The van der Waals surface area contributed by atoms with Crippen molar-refractivity contribution in [2.45, 2.75) is 13.5 Å². The average molecular weight is 400 g/mol. The molecule has 6 nitrogen and oxygen atoms in total. The number of benzene rings is 1. The molecule has 4 aromatic rings. The molecule has 0 atom stereocenters. The van der Waals surface area contributed by atoms with Gasteiger partial charge in [0.05, 0.1) is 11.9 Å². The van der Waals surface area contributed by atoms with Crippen LogP contribution in [-0.2, 0) is 6.54 Å². The first-order chi connectivity index (χ1) is 13.1. The number of fused-ring (bicyclic) bond motifs is 1. The quantitative estimate of drug-likeness (QED) is 0.386. The summed E-state index contributed by atoms with van der Waals surface area (Å²) in [6.45, 7) is 2.34. The third-order valence-electron chi connectivity index (χ3n) is 4.26. The summed E-state index contributed by atoms with van der Waals surface area (Å²) in [6, 6.07) is 11.3. The zero-order valence-corrected chi connectivity index (χ0v) is 15.9. The number of aromatic nitrogens is 5. The summed E-state index contributed by atoms with van der Waals surface area (Å²) in [5.74, 6) is 0.763. The molecule has 3 aromatic heterocycles. The fraction of sp³-hybridized carbons (Fsp3) is 0.158. The van der Waals surface area contributed by atoms with Gasteiger partial charge in [-0.15, -0.1) is 11.6 Å². The highest BCUT2D eigenvalue weighted by molar-refractivity contribution is 6.29. The molecule has 1 aromatic carbocycles. The second kappa shape index (κ2) is 7.13. The largest absolute Gasteiger partial charge is 0.291 e. The van der Waals surface area contributed by atoms with Gasteiger partial charge < -0.3 is 0 Å². The van der Waals surface area contributed by atoms with Gasteiger partial charge in [-0.25, -0.2) is 14.6 Å². The molecule has 0 bridgehead atoms. The van der Waals surface area contributed by atoms with Crippen LogP contribution in [0.15, 0.2) is 53.6 Å². The predicted molar refractivity (Wildman–Crippen MR) is 107 cm³/mol. The Kier molecular flexibility index (Phi) is 4.68. The Morgan fingerprint density at radius 1 is 1.07 bits per heavy atom. The second-order valence-corrected chi connectivity index (χ2v) is 6.85. The minimum Gasteiger partial charge on any atom is -0.291 e. The second-order valence-electron chi connectivity index (χ2n) is 6.08. The SMILES string of the molecule is Cc1ccc(-n2ncc3c(=O)n(CCCl)c(-c4ccc(Cl)nc4)nc32)cc1. The molecule has 3 heterocycles. The van der Waals surface area contributed by atoms with E-state index in [0.29, 0.717) is 34.1 Å². The van der Waals surface area contributed by atoms with Gasteiger partial charge in [0.2, 0.25) is 0 Å². The zero-order valence-electron chi connectivity index (χ0n) is 14.4. The van der Waals surface area contributed by atoms with Crippen molar-refractivity contribution in [1.29, 1.82) is 0 Å². The van der Waals surface area contributed by atoms with Crippen molar-refractivity contribution in [3.63, 3.8) is 0 Å². The molecule has 0 aliphatic rings. The number of nitrogens with zero attached hydrogens (tertiary/aromatic N) is 5. The van der Waals surface area contributed by atoms with Crippen LogP contribution in [0.25, 0.3) is 28.1 Å². The molecule has 0 unspecified atom stereocenters. The molecular weight excluding hydrogens is 385 g/mol. The highest BCUT2D eigenvalue weighted by Crippen LogP contribution is 2.21. The van der Waals surface area contributed by atoms with Crippen LogP contribution in [0.2, 0.25) is 5.15 Å². The first kappa shape index (κ1) is 17.7. The Morgan fingerprint density at radius 3 is 2.52 bits per heavy atom. The Hall–Kier alpha value is -2.70. The van der Waals surface area contributed by atoms with Crippen LogP contribution in [0.5, 0.6) is 0 Å². The minimum atomic E-state index is -0.191. The van der Waals surface area contributed by atoms with Gasteiger partial charge in [0, 0.05) is 24.2 Å². The standard InChI is InChI=1S/C19H15Cl2N5O/c1-12-2-5-14(6-3-12)26-18-15(11-23-26)19(27)25(9-8-20)17(24-18)13-4-7-16(21)22-10-13/h2-7,10-11H,8-9H2,1H3. The summed E-state index contributed by atoms with van der Waals surface area (Å²) in [5.41, 5.74) is 2.95. The molecule has 0 saturated carbocycles. The molecule has 0 N–H and O–H groups in total. The van der Waals surface area contributed by atoms with Gasteiger partial charge in [-0.2, -0.15) is 5.10 Å². The normalized spacial score (nSPS) is 11.2. The molecule has 27 heavy (non-hydrogen) atoms. The van der Waals surface area contributed by atoms with Crippen LogP contribution in [0.3, 0.4) is 0 Å². The van der Waals surface area contributed by atoms with E-state index in [0.717, 1.165) is 11.3 Å². The number of hydrogen-bond acceptors (Lipinski definition) is 4. The summed E-state index contributed by atoms with van der Waals surface area (Å²) >= 11 is 11.8. The molecule has 136 valence electrons. The van der Waals surface area contributed by atoms with Crippen LogP contribution >= 0.6 is 23.2 Å². The fourth-order valence-electron chi connectivity index (χ4n) is 2.90. The monoisotopic (exact) mass is 399 g/mol. The summed E-state index contributed by atoms with van der Waals surface area (Å²) < 4.78 is 3.20. The number of aryl methyl sites for hydroxylation is 1. The first-order valence-corrected chi connectivity index (χ1v) is 9.23. The Balaban J connectivity index is 1.99. The van der Waals surface area contributed by atoms with Crippen LogP contribution in [0.1, 0.15) is 5.56 Å². The van der Waals surface area contributed by atoms with Crippen LogP contribution in [0, 0.1) is 6.92 Å². The number of pyridine rings is 1. The van der Waals surface area contributed by atoms with E-state index in [1.165, 1.54) is 0 Å². The minimum absolute atomic E-state index is 0.191. The summed E-state index contributed by atoms with van der Waals surface area (Å²) in [4.78, 5) is 21.9. The van der Waals surface area contributed by atoms with E-state index in [4.69, 9.17) is 28.2 Å². The van der Waals surface area contributed by atoms with Gasteiger partial charge >= 0.3 is 0 Å². The van der Waals surface area contributed by atoms with Crippen LogP contribution < -0.4 is 5.56 Å². The number of rotatable bonds is 4. The predicted octanol–water partition coefficient (Wildman–Crippen LogP) is 3.84. The topological polar surface area (TPSA) is 65.6 Å². The molecule has 0 radical (unpaired) electrons. The van der Waals surface area contributed by atoms with Crippen molar-refractivity contribution < 1.29 is 0 Å². The van der Waals surface area contributed by atoms with Gasteiger partial charge in [-0.1, -0.05) is 29.3 Å². The van der Waals surface area contributed by atoms with E-state index in [2.05, 4.69) is 10.1 Å². The summed E-state index contributed by atoms with van der Waals surface area (Å²) in [5, 5.41) is 5.18. The van der Waals surface area contributed by atoms with Crippen LogP contribution in [-0.4, -0.2) is 30.2 Å². The van der Waals surface area contributed by atoms with Gasteiger partial charge in [0.1, 0.15) is 16.4 Å². The van der Waals surface area contributed by atoms with Gasteiger partial charge in [-0.3, -0.25) is 9.36 Å². The molecule has 0 saturated heterocycles. The van der Waals surface area contributed by atoms with Gasteiger partial charge in [0.25, 0.3) is 5.56 Å². The number of halogens is 2. The molecular formula is C19H15Cl2N5O. The van der Waals surface area contributed by atoms with Crippen molar-refractivity contribution in [3.05, 3.63) is 69.9 Å². The van der Waals surface area contributed by atoms with Gasteiger partial charge in [0.15, 0.2) is 5.65 Å². The lowest BCUT2D eigenvalue weighted by atomic mass is 10.2. The third kappa shape index (κ3) is 3.22. The molecule has 0 fully saturated rings. The van der Waals surface area contributed by atoms with Crippen molar-refractivity contribution in [1.82, 2.24) is 24.3 Å². The molecule has 0 spiro atoms. The Labute approximate surface area is 165 Å². The van der Waals surface area contributed by atoms with Crippen molar-refractivity contribution in [3.8, 4) is 17.1 Å². The molecule has 0 aliphatic heterocycles. The maximum atomic E-state index is 13.0. The Bertz CT molecular complexity index is 1160. The number of hydrogen-bond donors (Lipinski definition) is 0. The molecule has 4 rings (SSSR count). The molecule has 0 amide bonds. The Morgan fingerprint density at radius 2 is 1.85 bits per heavy atom. The van der Waals surface area contributed by atoms with Crippen molar-refractivity contribution in [2.24, 2.45) is 0 Å². The zero-order chi connectivity index (χ0) is 19.0. The van der Waals surface area contributed by atoms with Gasteiger partial charge in [-0.05, 0) is 31.2 Å². The molecule has 8 heteroatoms. The maximum absolute atomic E-state index is 13.0. The third-order valence-corrected chi connectivity index (χ3v) is 4.65. The summed E-state index contributed by atoms with van der Waals surface area (Å²) in [7, 11) is 0.